The number of aliphatic hydroxyl groups excluding tert-OH is 2. The smallest absolute Gasteiger partial charge is 0.201 e. The van der Waals surface area contributed by atoms with Crippen molar-refractivity contribution in [3.8, 4) is 0 Å². The molecule has 0 saturated carbocycles. The van der Waals surface area contributed by atoms with E-state index in [0.717, 1.165) is 0 Å². The van der Waals surface area contributed by atoms with Crippen LogP contribution in [0.4, 0.5) is 0 Å². The number of hydrogen-bond donors (Lipinski definition) is 2. The summed E-state index contributed by atoms with van der Waals surface area (Å²) in [5, 5.41) is 19.8. The molecule has 2 heterocycles. The van der Waals surface area contributed by atoms with E-state index in [1.54, 1.807) is 24.3 Å². The van der Waals surface area contributed by atoms with Gasteiger partial charge in [-0.15, -0.1) is 0 Å². The van der Waals surface area contributed by atoms with E-state index < -0.39 is 18.1 Å². The Bertz CT molecular complexity index is 432. The third-order valence-electron chi connectivity index (χ3n) is 2.93. The molecule has 0 saturated heterocycles. The second-order valence-electron chi connectivity index (χ2n) is 4.35. The molecule has 5 heteroatoms. The molecule has 0 amide bonds. The van der Waals surface area contributed by atoms with Crippen LogP contribution in [0.25, 0.3) is 0 Å². The average molecular weight is 263 g/mol. The van der Waals surface area contributed by atoms with Crippen molar-refractivity contribution in [1.29, 1.82) is 0 Å². The zero-order valence-electron chi connectivity index (χ0n) is 10.2. The highest BCUT2D eigenvalue weighted by Crippen LogP contribution is 2.27. The lowest BCUT2D eigenvalue weighted by Crippen LogP contribution is -2.12. The lowest BCUT2D eigenvalue weighted by Gasteiger charge is -2.15. The first-order valence-electron chi connectivity index (χ1n) is 6.01. The van der Waals surface area contributed by atoms with Gasteiger partial charge in [-0.2, -0.15) is 0 Å². The van der Waals surface area contributed by atoms with Gasteiger partial charge in [0.25, 0.3) is 0 Å². The van der Waals surface area contributed by atoms with Crippen LogP contribution in [0.15, 0.2) is 45.6 Å². The van der Waals surface area contributed by atoms with Crippen molar-refractivity contribution in [1.82, 2.24) is 0 Å². The van der Waals surface area contributed by atoms with E-state index in [0.29, 0.717) is 11.5 Å². The van der Waals surface area contributed by atoms with Crippen LogP contribution in [0, 0.1) is 5.92 Å². The monoisotopic (exact) mass is 263 g/mol. The van der Waals surface area contributed by atoms with Crippen molar-refractivity contribution in [3.63, 3.8) is 0 Å². The summed E-state index contributed by atoms with van der Waals surface area (Å²) in [4.78, 5) is 10.9. The second kappa shape index (κ2) is 6.36. The molecule has 2 rings (SSSR count). The molecule has 101 valence electrons. The second-order valence-corrected chi connectivity index (χ2v) is 4.35. The number of aliphatic hydroxyl groups is 2. The maximum Gasteiger partial charge on any atom is 0.201 e. The van der Waals surface area contributed by atoms with Crippen molar-refractivity contribution < 1.29 is 23.8 Å². The van der Waals surface area contributed by atoms with Crippen LogP contribution in [-0.2, 0) is 4.79 Å². The molecule has 2 atom stereocenters. The Morgan fingerprint density at radius 1 is 1.00 bits per heavy atom. The summed E-state index contributed by atoms with van der Waals surface area (Å²) >= 11 is 0. The van der Waals surface area contributed by atoms with Crippen LogP contribution >= 0.6 is 0 Å². The normalized spacial score (nSPS) is 15.9. The van der Waals surface area contributed by atoms with E-state index in [2.05, 4.69) is 0 Å². The molecule has 19 heavy (non-hydrogen) atoms. The third-order valence-corrected chi connectivity index (χ3v) is 2.93. The van der Waals surface area contributed by atoms with Crippen molar-refractivity contribution in [2.45, 2.75) is 25.0 Å². The summed E-state index contributed by atoms with van der Waals surface area (Å²) in [7, 11) is 0. The fourth-order valence-electron chi connectivity index (χ4n) is 1.93. The quantitative estimate of drug-likeness (QED) is 0.799. The number of carbonyl (C=O) groups excluding carboxylic acids is 1. The summed E-state index contributed by atoms with van der Waals surface area (Å²) < 4.78 is 10.1. The molecule has 0 aliphatic heterocycles. The highest BCUT2D eigenvalue weighted by molar-refractivity contribution is 5.54. The van der Waals surface area contributed by atoms with Crippen LogP contribution in [0.2, 0.25) is 0 Å². The fourth-order valence-corrected chi connectivity index (χ4v) is 1.93. The fraction of sp³-hybridized carbons (Fsp3) is 0.357. The Balaban J connectivity index is 1.91. The molecule has 0 spiro atoms. The topological polar surface area (TPSA) is 83.8 Å². The molecule has 2 aromatic heterocycles. The van der Waals surface area contributed by atoms with E-state index in [9.17, 15) is 15.0 Å². The zero-order chi connectivity index (χ0) is 13.7. The molecule has 5 nitrogen and oxygen atoms in total. The molecule has 2 aromatic rings. The Morgan fingerprint density at radius 2 is 1.47 bits per heavy atom. The number of furan rings is 2. The third kappa shape index (κ3) is 3.56. The van der Waals surface area contributed by atoms with Gasteiger partial charge in [0.2, 0.25) is 6.29 Å². The van der Waals surface area contributed by atoms with Crippen LogP contribution < -0.4 is 0 Å². The minimum absolute atomic E-state index is 0.148. The van der Waals surface area contributed by atoms with E-state index in [4.69, 9.17) is 8.83 Å². The van der Waals surface area contributed by atoms with Gasteiger partial charge in [0, 0.05) is 5.92 Å². The van der Waals surface area contributed by atoms with Gasteiger partial charge in [-0.25, -0.2) is 0 Å². The van der Waals surface area contributed by atoms with Crippen molar-refractivity contribution in [2.75, 3.05) is 0 Å². The molecule has 0 aromatic carbocycles. The van der Waals surface area contributed by atoms with Gasteiger partial charge >= 0.3 is 0 Å². The molecule has 0 fully saturated rings. The summed E-state index contributed by atoms with van der Waals surface area (Å²) in [6.45, 7) is 0. The molecule has 2 unspecified atom stereocenters. The van der Waals surface area contributed by atoms with E-state index in [1.807, 2.05) is 6.29 Å². The van der Waals surface area contributed by atoms with Crippen LogP contribution in [0.5, 0.6) is 0 Å². The number of hydrogen-bond acceptors (Lipinski definition) is 5. The summed E-state index contributed by atoms with van der Waals surface area (Å²) in [5.74, 6) is 0.195. The summed E-state index contributed by atoms with van der Waals surface area (Å²) in [6, 6.07) is 6.59. The van der Waals surface area contributed by atoms with E-state index in [1.165, 1.54) is 12.5 Å². The minimum Gasteiger partial charge on any atom is -0.467 e. The first kappa shape index (κ1) is 13.6. The van der Waals surface area contributed by atoms with Gasteiger partial charge in [-0.3, -0.25) is 4.79 Å². The lowest BCUT2D eigenvalue weighted by molar-refractivity contribution is 0.0963. The van der Waals surface area contributed by atoms with Crippen molar-refractivity contribution in [3.05, 3.63) is 48.3 Å². The van der Waals surface area contributed by atoms with E-state index >= 15 is 0 Å². The molecule has 0 aliphatic rings. The van der Waals surface area contributed by atoms with Gasteiger partial charge < -0.3 is 19.0 Å². The molecule has 0 bridgehead atoms. The maximum atomic E-state index is 10.9. The van der Waals surface area contributed by atoms with Gasteiger partial charge in [-0.1, -0.05) is 0 Å². The summed E-state index contributed by atoms with van der Waals surface area (Å²) in [6.07, 6.45) is 3.27. The predicted octanol–water partition coefficient (Wildman–Crippen LogP) is 2.15. The molecular formula is C14H15O5. The molecular weight excluding hydrogens is 248 g/mol. The first-order chi connectivity index (χ1) is 9.20. The molecule has 1 radical (unpaired) electrons. The van der Waals surface area contributed by atoms with Crippen molar-refractivity contribution >= 4 is 6.29 Å². The zero-order valence-corrected chi connectivity index (χ0v) is 10.2. The average Bonchev–Trinajstić information content (AvgIpc) is 3.09. The number of rotatable bonds is 7. The highest BCUT2D eigenvalue weighted by atomic mass is 16.4. The largest absolute Gasteiger partial charge is 0.467 e. The van der Waals surface area contributed by atoms with Crippen LogP contribution in [-0.4, -0.2) is 16.5 Å². The summed E-state index contributed by atoms with van der Waals surface area (Å²) in [5.41, 5.74) is 0. The lowest BCUT2D eigenvalue weighted by atomic mass is 9.94. The van der Waals surface area contributed by atoms with E-state index in [-0.39, 0.29) is 12.8 Å². The standard InChI is InChI=1S/C14H15O5/c15-9-10(7-11(16)13-3-1-5-18-13)8-12(17)14-4-2-6-19-14/h1-6,10-12,16-17H,7-8H2. The Kier molecular flexibility index (Phi) is 4.54. The highest BCUT2D eigenvalue weighted by Gasteiger charge is 2.22. The SMILES string of the molecule is O=[C]C(CC(O)c1ccco1)CC(O)c1ccco1. The predicted molar refractivity (Wildman–Crippen MR) is 65.8 cm³/mol. The first-order valence-corrected chi connectivity index (χ1v) is 6.01. The van der Waals surface area contributed by atoms with Crippen molar-refractivity contribution in [2.24, 2.45) is 5.92 Å². The Labute approximate surface area is 110 Å². The van der Waals surface area contributed by atoms with Gasteiger partial charge in [0.1, 0.15) is 23.7 Å². The van der Waals surface area contributed by atoms with Crippen LogP contribution in [0.1, 0.15) is 36.6 Å². The van der Waals surface area contributed by atoms with Crippen LogP contribution in [0.3, 0.4) is 0 Å². The molecule has 0 aliphatic carbocycles. The minimum atomic E-state index is -0.884. The maximum absolute atomic E-state index is 10.9. The van der Waals surface area contributed by atoms with Gasteiger partial charge in [-0.05, 0) is 37.1 Å². The van der Waals surface area contributed by atoms with Gasteiger partial charge in [0.15, 0.2) is 0 Å². The Morgan fingerprint density at radius 3 is 1.79 bits per heavy atom. The molecule has 2 N–H and O–H groups in total. The Hall–Kier alpha value is -1.85. The van der Waals surface area contributed by atoms with Gasteiger partial charge in [0.05, 0.1) is 12.5 Å².